The molecule has 0 aromatic carbocycles. The average molecular weight is 635 g/mol. The molecule has 3 aliphatic carbocycles. The van der Waals surface area contributed by atoms with Crippen LogP contribution in [0.2, 0.25) is 0 Å². The first-order chi connectivity index (χ1) is 21.4. The fourth-order valence-electron chi connectivity index (χ4n) is 7.33. The number of nitrogens with zero attached hydrogens (tertiary/aromatic N) is 1. The molecule has 0 radical (unpaired) electrons. The number of carbonyl (C=O) groups excluding carboxylic acids is 4. The zero-order valence-corrected chi connectivity index (χ0v) is 30.3. The monoisotopic (exact) mass is 635 g/mol. The summed E-state index contributed by atoms with van der Waals surface area (Å²) in [6.07, 6.45) is 17.1. The Labute approximate surface area is 276 Å². The quantitative estimate of drug-likeness (QED) is 0.300. The van der Waals surface area contributed by atoms with E-state index in [1.54, 1.807) is 27.7 Å². The summed E-state index contributed by atoms with van der Waals surface area (Å²) < 4.78 is 0. The van der Waals surface area contributed by atoms with Crippen LogP contribution in [0.15, 0.2) is 0 Å². The van der Waals surface area contributed by atoms with Gasteiger partial charge in [-0.2, -0.15) is 0 Å². The number of likely N-dealkylation sites (tertiary alicyclic amines) is 1. The number of carbonyl (C=O) groups is 4. The van der Waals surface area contributed by atoms with E-state index in [2.05, 4.69) is 27.9 Å². The third kappa shape index (κ3) is 18.4. The molecular weight excluding hydrogens is 564 g/mol. The minimum atomic E-state index is 0.350. The Morgan fingerprint density at radius 1 is 0.533 bits per heavy atom. The van der Waals surface area contributed by atoms with Crippen molar-refractivity contribution in [3.63, 3.8) is 0 Å². The highest BCUT2D eigenvalue weighted by Crippen LogP contribution is 2.29. The number of ketones is 4. The minimum Gasteiger partial charge on any atom is -0.319 e. The van der Waals surface area contributed by atoms with Crippen molar-refractivity contribution in [1.29, 1.82) is 0 Å². The normalized spacial score (nSPS) is 29.0. The minimum absolute atomic E-state index is 0.350. The van der Waals surface area contributed by atoms with Crippen LogP contribution in [0.4, 0.5) is 0 Å². The highest BCUT2D eigenvalue weighted by Gasteiger charge is 2.24. The van der Waals surface area contributed by atoms with E-state index in [4.69, 9.17) is 0 Å². The van der Waals surface area contributed by atoms with Gasteiger partial charge in [-0.05, 0) is 177 Å². The van der Waals surface area contributed by atoms with E-state index >= 15 is 0 Å². The van der Waals surface area contributed by atoms with E-state index in [0.717, 1.165) is 70.5 Å². The molecule has 4 rings (SSSR count). The van der Waals surface area contributed by atoms with Gasteiger partial charge in [0.15, 0.2) is 0 Å². The number of nitrogens with one attached hydrogen (secondary N) is 3. The largest absolute Gasteiger partial charge is 0.319 e. The number of Topliss-reactive ketones (excluding diaryl/α,β-unsaturated/α-hetero) is 4. The lowest BCUT2D eigenvalue weighted by molar-refractivity contribution is -0.122. The molecule has 3 N–H and O–H groups in total. The van der Waals surface area contributed by atoms with Crippen LogP contribution in [-0.2, 0) is 19.2 Å². The van der Waals surface area contributed by atoms with Gasteiger partial charge in [0.1, 0.15) is 23.1 Å². The van der Waals surface area contributed by atoms with Crippen LogP contribution in [0.25, 0.3) is 0 Å². The van der Waals surface area contributed by atoms with Crippen molar-refractivity contribution >= 4 is 23.1 Å². The van der Waals surface area contributed by atoms with E-state index in [0.29, 0.717) is 58.9 Å². The average Bonchev–Trinajstić information content (AvgIpc) is 3.03. The van der Waals surface area contributed by atoms with Crippen LogP contribution in [0.5, 0.6) is 0 Å². The molecule has 8 heteroatoms. The SMILES string of the molecule is CC(=O)C1CCN(C)CC1.CNC1CCC(C(C)=O)CC1.CNC1CCC(CC(C)=O)CC1.CNCC1CCC(C(C)=O)CC1. The molecule has 8 nitrogen and oxygen atoms in total. The summed E-state index contributed by atoms with van der Waals surface area (Å²) in [6.45, 7) is 10.1. The summed E-state index contributed by atoms with van der Waals surface area (Å²) in [5.74, 6) is 4.06. The van der Waals surface area contributed by atoms with E-state index in [-0.39, 0.29) is 0 Å². The Morgan fingerprint density at radius 2 is 0.889 bits per heavy atom. The zero-order chi connectivity index (χ0) is 33.8. The Morgan fingerprint density at radius 3 is 1.24 bits per heavy atom. The Hall–Kier alpha value is -1.48. The molecule has 1 aliphatic heterocycles. The van der Waals surface area contributed by atoms with Gasteiger partial charge in [0.2, 0.25) is 0 Å². The maximum absolute atomic E-state index is 11.0. The highest BCUT2D eigenvalue weighted by atomic mass is 16.1. The van der Waals surface area contributed by atoms with Crippen LogP contribution in [0.1, 0.15) is 124 Å². The lowest BCUT2D eigenvalue weighted by Crippen LogP contribution is -2.32. The van der Waals surface area contributed by atoms with Crippen molar-refractivity contribution in [3.8, 4) is 0 Å². The second-order valence-corrected chi connectivity index (χ2v) is 14.4. The predicted molar refractivity (Wildman–Crippen MR) is 187 cm³/mol. The van der Waals surface area contributed by atoms with E-state index in [9.17, 15) is 19.2 Å². The summed E-state index contributed by atoms with van der Waals surface area (Å²) >= 11 is 0. The second kappa shape index (κ2) is 23.8. The Kier molecular flexibility index (Phi) is 22.0. The molecule has 4 aliphatic rings. The molecule has 0 aromatic heterocycles. The van der Waals surface area contributed by atoms with Gasteiger partial charge in [0.05, 0.1) is 0 Å². The molecule has 1 saturated heterocycles. The van der Waals surface area contributed by atoms with Crippen LogP contribution >= 0.6 is 0 Å². The fraction of sp³-hybridized carbons (Fsp3) is 0.892. The first-order valence-electron chi connectivity index (χ1n) is 18.1. The third-order valence-corrected chi connectivity index (χ3v) is 10.7. The summed E-state index contributed by atoms with van der Waals surface area (Å²) in [7, 11) is 8.13. The molecule has 0 unspecified atom stereocenters. The van der Waals surface area contributed by atoms with E-state index in [1.807, 2.05) is 21.1 Å². The number of rotatable bonds is 9. The molecule has 0 spiro atoms. The maximum atomic E-state index is 11.0. The van der Waals surface area contributed by atoms with Crippen LogP contribution in [-0.4, -0.2) is 87.9 Å². The Bertz CT molecular complexity index is 833. The van der Waals surface area contributed by atoms with Gasteiger partial charge in [-0.3, -0.25) is 14.4 Å². The lowest BCUT2D eigenvalue weighted by Gasteiger charge is -2.27. The molecule has 45 heavy (non-hydrogen) atoms. The topological polar surface area (TPSA) is 108 Å². The fourth-order valence-corrected chi connectivity index (χ4v) is 7.33. The van der Waals surface area contributed by atoms with Crippen molar-refractivity contribution in [2.24, 2.45) is 29.6 Å². The van der Waals surface area contributed by atoms with Gasteiger partial charge in [0, 0.05) is 36.3 Å². The first-order valence-corrected chi connectivity index (χ1v) is 18.1. The second-order valence-electron chi connectivity index (χ2n) is 14.4. The summed E-state index contributed by atoms with van der Waals surface area (Å²) in [5, 5.41) is 9.74. The van der Waals surface area contributed by atoms with Crippen molar-refractivity contribution in [2.75, 3.05) is 47.8 Å². The van der Waals surface area contributed by atoms with Crippen LogP contribution < -0.4 is 16.0 Å². The zero-order valence-electron chi connectivity index (χ0n) is 30.3. The third-order valence-electron chi connectivity index (χ3n) is 10.7. The molecule has 1 heterocycles. The predicted octanol–water partition coefficient (Wildman–Crippen LogP) is 5.62. The van der Waals surface area contributed by atoms with Crippen molar-refractivity contribution in [3.05, 3.63) is 0 Å². The molecule has 262 valence electrons. The van der Waals surface area contributed by atoms with E-state index in [1.165, 1.54) is 51.4 Å². The van der Waals surface area contributed by atoms with Crippen LogP contribution in [0.3, 0.4) is 0 Å². The van der Waals surface area contributed by atoms with Crippen molar-refractivity contribution in [2.45, 2.75) is 136 Å². The summed E-state index contributed by atoms with van der Waals surface area (Å²) in [4.78, 5) is 46.0. The molecule has 3 saturated carbocycles. The number of hydrogen-bond acceptors (Lipinski definition) is 8. The van der Waals surface area contributed by atoms with Crippen molar-refractivity contribution in [1.82, 2.24) is 20.9 Å². The molecule has 4 fully saturated rings. The first kappa shape index (κ1) is 41.5. The van der Waals surface area contributed by atoms with Gasteiger partial charge < -0.3 is 25.6 Å². The van der Waals surface area contributed by atoms with Gasteiger partial charge in [-0.15, -0.1) is 0 Å². The Balaban J connectivity index is 0.000000301. The molecular formula is C37H70N4O4. The summed E-state index contributed by atoms with van der Waals surface area (Å²) in [5.41, 5.74) is 0. The standard InChI is InChI=1S/2C10H19NO.C9H17NO.C8H15NO/c1-8(12)10-5-3-9(4-6-10)7-11-2;1-8(12)7-9-3-5-10(11-2)6-4-9;1-7(11)8-3-5-9(10-2)6-4-8;1-7(10)8-3-5-9(2)6-4-8/h2*9-11H,3-7H2,1-2H3;8-10H,3-6H2,1-2H3;8H,3-6H2,1-2H3. The maximum Gasteiger partial charge on any atom is 0.133 e. The molecule has 0 atom stereocenters. The van der Waals surface area contributed by atoms with Gasteiger partial charge >= 0.3 is 0 Å². The number of hydrogen-bond donors (Lipinski definition) is 3. The van der Waals surface area contributed by atoms with Gasteiger partial charge in [-0.25, -0.2) is 0 Å². The van der Waals surface area contributed by atoms with Gasteiger partial charge in [-0.1, -0.05) is 0 Å². The molecule has 0 amide bonds. The number of piperidine rings is 1. The lowest BCUT2D eigenvalue weighted by atomic mass is 9.80. The highest BCUT2D eigenvalue weighted by molar-refractivity contribution is 5.79. The molecule has 0 aromatic rings. The molecule has 0 bridgehead atoms. The summed E-state index contributed by atoms with van der Waals surface area (Å²) in [6, 6.07) is 1.36. The van der Waals surface area contributed by atoms with E-state index < -0.39 is 0 Å². The smallest absolute Gasteiger partial charge is 0.133 e. The van der Waals surface area contributed by atoms with Crippen molar-refractivity contribution < 1.29 is 19.2 Å². The van der Waals surface area contributed by atoms with Crippen LogP contribution in [0, 0.1) is 29.6 Å². The van der Waals surface area contributed by atoms with Gasteiger partial charge in [0.25, 0.3) is 0 Å².